The molecule has 0 saturated carbocycles. The first-order chi connectivity index (χ1) is 6.77. The zero-order valence-electron chi connectivity index (χ0n) is 9.41. The van der Waals surface area contributed by atoms with Crippen LogP contribution in [0, 0.1) is 0 Å². The lowest BCUT2D eigenvalue weighted by Gasteiger charge is -2.35. The van der Waals surface area contributed by atoms with Crippen molar-refractivity contribution in [2.45, 2.75) is 38.6 Å². The van der Waals surface area contributed by atoms with Crippen LogP contribution < -0.4 is 0 Å². The number of carbonyl (C=O) groups excluding carboxylic acids is 1. The van der Waals surface area contributed by atoms with Gasteiger partial charge < -0.3 is 9.80 Å². The van der Waals surface area contributed by atoms with Crippen LogP contribution in [0.15, 0.2) is 0 Å². The predicted octanol–water partition coefficient (Wildman–Crippen LogP) is 1.34. The van der Waals surface area contributed by atoms with Crippen molar-refractivity contribution in [1.29, 1.82) is 0 Å². The molecule has 0 bridgehead atoms. The molecule has 0 aliphatic carbocycles. The van der Waals surface area contributed by atoms with Crippen LogP contribution in [0.5, 0.6) is 0 Å². The van der Waals surface area contributed by atoms with E-state index in [9.17, 15) is 4.79 Å². The van der Waals surface area contributed by atoms with Crippen molar-refractivity contribution in [3.63, 3.8) is 0 Å². The van der Waals surface area contributed by atoms with Crippen LogP contribution in [-0.4, -0.2) is 48.9 Å². The predicted molar refractivity (Wildman–Crippen MR) is 58.2 cm³/mol. The number of piperidine rings is 1. The van der Waals surface area contributed by atoms with Gasteiger partial charge in [0, 0.05) is 12.6 Å². The van der Waals surface area contributed by atoms with E-state index in [2.05, 4.69) is 18.9 Å². The molecule has 3 nitrogen and oxygen atoms in total. The topological polar surface area (TPSA) is 23.6 Å². The van der Waals surface area contributed by atoms with Gasteiger partial charge in [-0.15, -0.1) is 0 Å². The van der Waals surface area contributed by atoms with E-state index in [1.807, 2.05) is 4.90 Å². The monoisotopic (exact) mass is 198 g/mol. The summed E-state index contributed by atoms with van der Waals surface area (Å²) in [6.07, 6.45) is 5.60. The van der Waals surface area contributed by atoms with Crippen LogP contribution in [-0.2, 0) is 4.79 Å². The quantitative estimate of drug-likeness (QED) is 0.622. The number of unbranched alkanes of at least 4 members (excludes halogenated alkanes) is 1. The molecule has 0 atom stereocenters. The highest BCUT2D eigenvalue weighted by atomic mass is 16.1. The smallest absolute Gasteiger partial charge is 0.209 e. The van der Waals surface area contributed by atoms with E-state index < -0.39 is 0 Å². The van der Waals surface area contributed by atoms with Gasteiger partial charge in [-0.25, -0.2) is 0 Å². The van der Waals surface area contributed by atoms with Gasteiger partial charge in [0.15, 0.2) is 0 Å². The summed E-state index contributed by atoms with van der Waals surface area (Å²) in [4.78, 5) is 15.2. The summed E-state index contributed by atoms with van der Waals surface area (Å²) in [5.74, 6) is 0. The molecule has 0 N–H and O–H groups in total. The Bertz CT molecular complexity index is 165. The van der Waals surface area contributed by atoms with Crippen LogP contribution in [0.1, 0.15) is 32.6 Å². The molecule has 1 aliphatic rings. The molecule has 1 rings (SSSR count). The number of likely N-dealkylation sites (tertiary alicyclic amines) is 1. The summed E-state index contributed by atoms with van der Waals surface area (Å²) in [7, 11) is 2.15. The lowest BCUT2D eigenvalue weighted by Crippen LogP contribution is -2.43. The van der Waals surface area contributed by atoms with Crippen molar-refractivity contribution in [3.05, 3.63) is 0 Å². The second-order valence-corrected chi connectivity index (χ2v) is 4.23. The minimum atomic E-state index is 0.496. The molecule has 82 valence electrons. The van der Waals surface area contributed by atoms with E-state index in [0.717, 1.165) is 51.7 Å². The van der Waals surface area contributed by atoms with E-state index >= 15 is 0 Å². The maximum absolute atomic E-state index is 10.9. The van der Waals surface area contributed by atoms with E-state index in [1.165, 1.54) is 0 Å². The minimum Gasteiger partial charge on any atom is -0.342 e. The first-order valence-electron chi connectivity index (χ1n) is 5.67. The standard InChI is InChI=1S/C11H22N2O/c1-3-4-7-13(10-14)11-5-8-12(2)9-6-11/h10-11H,3-9H2,1-2H3. The second-order valence-electron chi connectivity index (χ2n) is 4.23. The summed E-state index contributed by atoms with van der Waals surface area (Å²) in [5.41, 5.74) is 0. The van der Waals surface area contributed by atoms with Gasteiger partial charge in [0.05, 0.1) is 0 Å². The van der Waals surface area contributed by atoms with Crippen molar-refractivity contribution in [2.75, 3.05) is 26.7 Å². The number of hydrogen-bond acceptors (Lipinski definition) is 2. The zero-order valence-corrected chi connectivity index (χ0v) is 9.41. The Hall–Kier alpha value is -0.570. The first kappa shape index (κ1) is 11.5. The van der Waals surface area contributed by atoms with Gasteiger partial charge in [0.2, 0.25) is 6.41 Å². The molecule has 0 aromatic rings. The van der Waals surface area contributed by atoms with E-state index in [4.69, 9.17) is 0 Å². The number of hydrogen-bond donors (Lipinski definition) is 0. The Morgan fingerprint density at radius 3 is 2.57 bits per heavy atom. The van der Waals surface area contributed by atoms with Gasteiger partial charge in [-0.2, -0.15) is 0 Å². The Kier molecular flexibility index (Phi) is 4.94. The average molecular weight is 198 g/mol. The Morgan fingerprint density at radius 2 is 2.07 bits per heavy atom. The molecule has 1 heterocycles. The summed E-state index contributed by atoms with van der Waals surface area (Å²) < 4.78 is 0. The summed E-state index contributed by atoms with van der Waals surface area (Å²) in [6.45, 7) is 5.36. The van der Waals surface area contributed by atoms with Crippen LogP contribution in [0.4, 0.5) is 0 Å². The molecule has 0 aromatic carbocycles. The summed E-state index contributed by atoms with van der Waals surface area (Å²) >= 11 is 0. The summed E-state index contributed by atoms with van der Waals surface area (Å²) in [6, 6.07) is 0.496. The third kappa shape index (κ3) is 3.29. The molecular weight excluding hydrogens is 176 g/mol. The van der Waals surface area contributed by atoms with E-state index in [-0.39, 0.29) is 0 Å². The maximum atomic E-state index is 10.9. The molecule has 1 aliphatic heterocycles. The largest absolute Gasteiger partial charge is 0.342 e. The first-order valence-corrected chi connectivity index (χ1v) is 5.67. The molecule has 0 spiro atoms. The fraction of sp³-hybridized carbons (Fsp3) is 0.909. The lowest BCUT2D eigenvalue weighted by molar-refractivity contribution is -0.121. The summed E-state index contributed by atoms with van der Waals surface area (Å²) in [5, 5.41) is 0. The highest BCUT2D eigenvalue weighted by Gasteiger charge is 2.21. The molecule has 3 heteroatoms. The van der Waals surface area contributed by atoms with Gasteiger partial charge >= 0.3 is 0 Å². The average Bonchev–Trinajstić information content (AvgIpc) is 2.21. The Balaban J connectivity index is 2.32. The lowest BCUT2D eigenvalue weighted by atomic mass is 10.0. The van der Waals surface area contributed by atoms with Crippen molar-refractivity contribution >= 4 is 6.41 Å². The van der Waals surface area contributed by atoms with Gasteiger partial charge in [-0.3, -0.25) is 4.79 Å². The highest BCUT2D eigenvalue weighted by Crippen LogP contribution is 2.14. The Morgan fingerprint density at radius 1 is 1.43 bits per heavy atom. The molecule has 1 saturated heterocycles. The number of amides is 1. The molecule has 0 unspecified atom stereocenters. The van der Waals surface area contributed by atoms with Gasteiger partial charge in [0.25, 0.3) is 0 Å². The van der Waals surface area contributed by atoms with Crippen LogP contribution >= 0.6 is 0 Å². The second kappa shape index (κ2) is 6.02. The Labute approximate surface area is 87.1 Å². The fourth-order valence-electron chi connectivity index (χ4n) is 1.99. The van der Waals surface area contributed by atoms with E-state index in [0.29, 0.717) is 6.04 Å². The number of carbonyl (C=O) groups is 1. The maximum Gasteiger partial charge on any atom is 0.209 e. The van der Waals surface area contributed by atoms with Gasteiger partial charge in [-0.1, -0.05) is 13.3 Å². The number of rotatable bonds is 5. The van der Waals surface area contributed by atoms with Crippen molar-refractivity contribution < 1.29 is 4.79 Å². The zero-order chi connectivity index (χ0) is 10.4. The third-order valence-corrected chi connectivity index (χ3v) is 3.06. The molecule has 14 heavy (non-hydrogen) atoms. The molecule has 1 fully saturated rings. The SMILES string of the molecule is CCCCN(C=O)C1CCN(C)CC1. The van der Waals surface area contributed by atoms with Crippen LogP contribution in [0.2, 0.25) is 0 Å². The molecular formula is C11H22N2O. The van der Waals surface area contributed by atoms with Crippen molar-refractivity contribution in [1.82, 2.24) is 9.80 Å². The van der Waals surface area contributed by atoms with Crippen molar-refractivity contribution in [3.8, 4) is 0 Å². The van der Waals surface area contributed by atoms with Crippen LogP contribution in [0.25, 0.3) is 0 Å². The van der Waals surface area contributed by atoms with E-state index in [1.54, 1.807) is 0 Å². The minimum absolute atomic E-state index is 0.496. The van der Waals surface area contributed by atoms with Gasteiger partial charge in [-0.05, 0) is 39.4 Å². The molecule has 1 amide bonds. The molecule has 0 radical (unpaired) electrons. The van der Waals surface area contributed by atoms with Gasteiger partial charge in [0.1, 0.15) is 0 Å². The highest BCUT2D eigenvalue weighted by molar-refractivity contribution is 5.47. The van der Waals surface area contributed by atoms with Crippen molar-refractivity contribution in [2.24, 2.45) is 0 Å². The number of nitrogens with zero attached hydrogens (tertiary/aromatic N) is 2. The van der Waals surface area contributed by atoms with Crippen LogP contribution in [0.3, 0.4) is 0 Å². The fourth-order valence-corrected chi connectivity index (χ4v) is 1.99. The normalized spacial score (nSPS) is 19.6. The third-order valence-electron chi connectivity index (χ3n) is 3.06. The molecule has 0 aromatic heterocycles.